The van der Waals surface area contributed by atoms with Gasteiger partial charge in [0.1, 0.15) is 50.5 Å². The second kappa shape index (κ2) is 10.6. The molecule has 3 aromatic heterocycles. The summed E-state index contributed by atoms with van der Waals surface area (Å²) >= 11 is 16.0. The van der Waals surface area contributed by atoms with E-state index in [0.717, 1.165) is 5.69 Å². The number of pyridine rings is 1. The van der Waals surface area contributed by atoms with Gasteiger partial charge in [-0.05, 0) is 28.4 Å². The van der Waals surface area contributed by atoms with E-state index in [0.29, 0.717) is 39.0 Å². The van der Waals surface area contributed by atoms with Crippen LogP contribution in [0.25, 0.3) is 16.9 Å². The Morgan fingerprint density at radius 2 is 2.09 bits per heavy atom. The molecule has 35 heavy (non-hydrogen) atoms. The second-order valence-corrected chi connectivity index (χ2v) is 8.97. The average molecular weight is 533 g/mol. The number of nitriles is 1. The lowest BCUT2D eigenvalue weighted by molar-refractivity contribution is -0.955. The average Bonchev–Trinajstić information content (AvgIpc) is 3.24. The number of benzene rings is 1. The number of hydroxylamine groups is 1. The summed E-state index contributed by atoms with van der Waals surface area (Å²) in [6, 6.07) is 10.8. The molecule has 0 saturated carbocycles. The second-order valence-electron chi connectivity index (χ2n) is 7.40. The predicted octanol–water partition coefficient (Wildman–Crippen LogP) is 4.52. The highest BCUT2D eigenvalue weighted by Crippen LogP contribution is 2.34. The first-order valence-corrected chi connectivity index (χ1v) is 11.5. The summed E-state index contributed by atoms with van der Waals surface area (Å²) in [5.74, 6) is 1.38. The number of alkyl halides is 1. The third-order valence-corrected chi connectivity index (χ3v) is 5.21. The number of nitrogens with one attached hydrogen (secondary N) is 1. The molecule has 0 aliphatic carbocycles. The summed E-state index contributed by atoms with van der Waals surface area (Å²) in [6.07, 6.45) is 5.05. The van der Waals surface area contributed by atoms with E-state index >= 15 is 0 Å². The van der Waals surface area contributed by atoms with Gasteiger partial charge in [0.2, 0.25) is 0 Å². The van der Waals surface area contributed by atoms with Crippen molar-refractivity contribution < 1.29 is 18.8 Å². The SMILES string of the molecule is C[N+](O)(S)Nc1nccc(COc2ccn3c(-c4cc(Cl)c(OCCCl)c(C#N)c4)cnc3c2)n1. The minimum atomic E-state index is -0.812. The van der Waals surface area contributed by atoms with E-state index in [4.69, 9.17) is 32.7 Å². The molecule has 10 nitrogen and oxygen atoms in total. The molecular formula is C22H20Cl2N7O3S+. The summed E-state index contributed by atoms with van der Waals surface area (Å²) in [5.41, 5.74) is 5.62. The van der Waals surface area contributed by atoms with Gasteiger partial charge in [0.05, 0.1) is 34.1 Å². The fourth-order valence-electron chi connectivity index (χ4n) is 3.25. The Hall–Kier alpha value is -3.27. The molecular weight excluding hydrogens is 513 g/mol. The van der Waals surface area contributed by atoms with E-state index < -0.39 is 4.16 Å². The highest BCUT2D eigenvalue weighted by atomic mass is 35.5. The molecule has 0 amide bonds. The molecule has 0 bridgehead atoms. The first kappa shape index (κ1) is 24.8. The monoisotopic (exact) mass is 532 g/mol. The molecule has 1 atom stereocenters. The number of quaternary nitrogens is 1. The van der Waals surface area contributed by atoms with Crippen molar-refractivity contribution in [3.8, 4) is 28.8 Å². The number of fused-ring (bicyclic) bond motifs is 1. The van der Waals surface area contributed by atoms with Gasteiger partial charge >= 0.3 is 0 Å². The number of imidazole rings is 1. The minimum Gasteiger partial charge on any atom is -0.489 e. The van der Waals surface area contributed by atoms with Gasteiger partial charge in [-0.25, -0.2) is 15.0 Å². The van der Waals surface area contributed by atoms with Crippen molar-refractivity contribution >= 4 is 47.6 Å². The largest absolute Gasteiger partial charge is 0.489 e. The summed E-state index contributed by atoms with van der Waals surface area (Å²) in [4.78, 5) is 12.8. The quantitative estimate of drug-likeness (QED) is 0.124. The number of nitrogens with zero attached hydrogens (tertiary/aromatic N) is 6. The van der Waals surface area contributed by atoms with Gasteiger partial charge in [-0.3, -0.25) is 4.40 Å². The summed E-state index contributed by atoms with van der Waals surface area (Å²) < 4.78 is 12.4. The van der Waals surface area contributed by atoms with Crippen molar-refractivity contribution in [2.75, 3.05) is 25.0 Å². The maximum atomic E-state index is 9.68. The zero-order valence-corrected chi connectivity index (χ0v) is 20.8. The molecule has 4 rings (SSSR count). The van der Waals surface area contributed by atoms with Crippen LogP contribution in [0.3, 0.4) is 0 Å². The topological polar surface area (TPSA) is 118 Å². The molecule has 0 saturated heterocycles. The van der Waals surface area contributed by atoms with Gasteiger partial charge in [0.15, 0.2) is 5.75 Å². The molecule has 0 fully saturated rings. The lowest BCUT2D eigenvalue weighted by Crippen LogP contribution is -2.36. The van der Waals surface area contributed by atoms with Crippen LogP contribution in [0.5, 0.6) is 11.5 Å². The lowest BCUT2D eigenvalue weighted by atomic mass is 10.1. The van der Waals surface area contributed by atoms with Gasteiger partial charge in [-0.2, -0.15) is 15.9 Å². The smallest absolute Gasteiger partial charge is 0.273 e. The lowest BCUT2D eigenvalue weighted by Gasteiger charge is -2.16. The third kappa shape index (κ3) is 6.05. The molecule has 0 aliphatic rings. The third-order valence-electron chi connectivity index (χ3n) is 4.68. The Bertz CT molecular complexity index is 1400. The van der Waals surface area contributed by atoms with Crippen LogP contribution >= 0.6 is 36.0 Å². The van der Waals surface area contributed by atoms with Crippen LogP contribution in [0.1, 0.15) is 11.3 Å². The van der Waals surface area contributed by atoms with Crippen LogP contribution < -0.4 is 14.9 Å². The molecule has 1 unspecified atom stereocenters. The van der Waals surface area contributed by atoms with Crippen molar-refractivity contribution in [2.45, 2.75) is 6.61 Å². The number of rotatable bonds is 9. The van der Waals surface area contributed by atoms with Crippen molar-refractivity contribution in [3.63, 3.8) is 0 Å². The first-order chi connectivity index (χ1) is 16.8. The van der Waals surface area contributed by atoms with Crippen LogP contribution in [-0.4, -0.2) is 48.3 Å². The summed E-state index contributed by atoms with van der Waals surface area (Å²) in [5, 5.41) is 19.5. The van der Waals surface area contributed by atoms with E-state index in [1.807, 2.05) is 10.6 Å². The van der Waals surface area contributed by atoms with Crippen LogP contribution in [0.4, 0.5) is 5.95 Å². The zero-order valence-electron chi connectivity index (χ0n) is 18.4. The van der Waals surface area contributed by atoms with Crippen LogP contribution in [0, 0.1) is 11.3 Å². The van der Waals surface area contributed by atoms with Crippen molar-refractivity contribution in [3.05, 3.63) is 65.2 Å². The van der Waals surface area contributed by atoms with Crippen molar-refractivity contribution in [1.82, 2.24) is 19.4 Å². The number of halogens is 2. The minimum absolute atomic E-state index is 0.174. The Morgan fingerprint density at radius 3 is 2.83 bits per heavy atom. The van der Waals surface area contributed by atoms with Gasteiger partial charge < -0.3 is 9.47 Å². The highest BCUT2D eigenvalue weighted by molar-refractivity contribution is 7.74. The fourth-order valence-corrected chi connectivity index (χ4v) is 3.69. The Balaban J connectivity index is 1.54. The van der Waals surface area contributed by atoms with E-state index in [1.54, 1.807) is 42.7 Å². The van der Waals surface area contributed by atoms with E-state index in [9.17, 15) is 10.5 Å². The molecule has 0 radical (unpaired) electrons. The number of ether oxygens (including phenoxy) is 2. The number of thiol groups is 1. The molecule has 13 heteroatoms. The van der Waals surface area contributed by atoms with Gasteiger partial charge in [-0.15, -0.1) is 11.6 Å². The standard InChI is InChI=1S/C22H20Cl2N7O3S/c1-31(32,35)29-22-26-5-2-16(28-22)13-34-17-3-6-30-19(12-27-20(30)10-17)14-8-15(11-25)21(18(24)9-14)33-7-4-23/h2-3,5-6,8-10,12,32,35H,4,7,13H2,1H3,(H,26,28,29)/q+1. The number of anilines is 1. The predicted molar refractivity (Wildman–Crippen MR) is 134 cm³/mol. The van der Waals surface area contributed by atoms with Crippen LogP contribution in [-0.2, 0) is 6.61 Å². The van der Waals surface area contributed by atoms with Gasteiger partial charge in [0, 0.05) is 24.0 Å². The highest BCUT2D eigenvalue weighted by Gasteiger charge is 2.16. The Kier molecular flexibility index (Phi) is 7.49. The zero-order chi connectivity index (χ0) is 25.0. The fraction of sp³-hybridized carbons (Fsp3) is 0.182. The molecule has 4 aromatic rings. The summed E-state index contributed by atoms with van der Waals surface area (Å²) in [6.45, 7) is 0.420. The van der Waals surface area contributed by atoms with Crippen LogP contribution in [0.2, 0.25) is 5.02 Å². The molecule has 1 aromatic carbocycles. The first-order valence-electron chi connectivity index (χ1n) is 10.2. The van der Waals surface area contributed by atoms with Crippen LogP contribution in [0.15, 0.2) is 48.9 Å². The maximum Gasteiger partial charge on any atom is 0.273 e. The number of hydrogen-bond acceptors (Lipinski definition) is 9. The molecule has 0 aliphatic heterocycles. The normalized spacial score (nSPS) is 12.7. The molecule has 3 heterocycles. The Morgan fingerprint density at radius 1 is 1.26 bits per heavy atom. The van der Waals surface area contributed by atoms with E-state index in [2.05, 4.69) is 39.3 Å². The molecule has 2 N–H and O–H groups in total. The number of hydrogen-bond donors (Lipinski definition) is 3. The summed E-state index contributed by atoms with van der Waals surface area (Å²) in [7, 11) is 1.41. The van der Waals surface area contributed by atoms with E-state index in [1.165, 1.54) is 7.05 Å². The molecule has 0 spiro atoms. The van der Waals surface area contributed by atoms with E-state index in [-0.39, 0.29) is 25.0 Å². The Labute approximate surface area is 216 Å². The van der Waals surface area contributed by atoms with Crippen molar-refractivity contribution in [1.29, 1.82) is 5.26 Å². The maximum absolute atomic E-state index is 9.68. The molecule has 180 valence electrons. The van der Waals surface area contributed by atoms with Gasteiger partial charge in [0.25, 0.3) is 5.95 Å². The number of aromatic nitrogens is 4. The van der Waals surface area contributed by atoms with Gasteiger partial charge in [-0.1, -0.05) is 11.6 Å². The van der Waals surface area contributed by atoms with Crippen molar-refractivity contribution in [2.24, 2.45) is 0 Å².